The summed E-state index contributed by atoms with van der Waals surface area (Å²) in [5.74, 6) is 1.57. The highest BCUT2D eigenvalue weighted by Gasteiger charge is 2.00. The van der Waals surface area contributed by atoms with Gasteiger partial charge in [-0.25, -0.2) is 0 Å². The minimum Gasteiger partial charge on any atom is -0.462 e. The molecule has 98 valence electrons. The van der Waals surface area contributed by atoms with E-state index in [2.05, 4.69) is 0 Å². The van der Waals surface area contributed by atoms with Crippen LogP contribution in [0.2, 0.25) is 0 Å². The van der Waals surface area contributed by atoms with E-state index >= 15 is 0 Å². The zero-order valence-electron chi connectivity index (χ0n) is 10.3. The van der Waals surface area contributed by atoms with E-state index in [0.29, 0.717) is 33.0 Å². The van der Waals surface area contributed by atoms with E-state index in [9.17, 15) is 0 Å². The van der Waals surface area contributed by atoms with Crippen LogP contribution in [0, 0.1) is 0 Å². The predicted molar refractivity (Wildman–Crippen MR) is 63.6 cm³/mol. The minimum absolute atomic E-state index is 0.419. The van der Waals surface area contributed by atoms with Crippen LogP contribution in [-0.4, -0.2) is 33.5 Å². The number of rotatable bonds is 10. The Balaban J connectivity index is 1.93. The van der Waals surface area contributed by atoms with Gasteiger partial charge in [0.15, 0.2) is 0 Å². The van der Waals surface area contributed by atoms with Gasteiger partial charge in [0, 0.05) is 20.3 Å². The van der Waals surface area contributed by atoms with Crippen LogP contribution in [0.3, 0.4) is 0 Å². The average Bonchev–Trinajstić information content (AvgIpc) is 2.80. The summed E-state index contributed by atoms with van der Waals surface area (Å²) in [6.07, 6.45) is 0.911. The molecule has 1 rings (SSSR count). The average molecular weight is 243 g/mol. The van der Waals surface area contributed by atoms with Gasteiger partial charge < -0.3 is 24.4 Å². The van der Waals surface area contributed by atoms with Gasteiger partial charge in [-0.15, -0.1) is 0 Å². The van der Waals surface area contributed by atoms with E-state index in [-0.39, 0.29) is 0 Å². The van der Waals surface area contributed by atoms with E-state index < -0.39 is 0 Å². The molecule has 0 spiro atoms. The molecule has 0 aliphatic heterocycles. The lowest BCUT2D eigenvalue weighted by atomic mass is 10.4. The first-order chi connectivity index (χ1) is 8.36. The Morgan fingerprint density at radius 1 is 1.06 bits per heavy atom. The summed E-state index contributed by atoms with van der Waals surface area (Å²) in [5.41, 5.74) is 5.43. The van der Waals surface area contributed by atoms with Crippen LogP contribution in [0.25, 0.3) is 0 Å². The minimum atomic E-state index is 0.419. The zero-order valence-corrected chi connectivity index (χ0v) is 10.3. The fourth-order valence-electron chi connectivity index (χ4n) is 1.31. The van der Waals surface area contributed by atoms with Crippen LogP contribution >= 0.6 is 0 Å². The Hall–Kier alpha value is -0.880. The van der Waals surface area contributed by atoms with Crippen LogP contribution in [-0.2, 0) is 27.4 Å². The first-order valence-electron chi connectivity index (χ1n) is 5.79. The Morgan fingerprint density at radius 3 is 2.53 bits per heavy atom. The topological polar surface area (TPSA) is 66.8 Å². The molecule has 0 saturated carbocycles. The van der Waals surface area contributed by atoms with E-state index in [1.807, 2.05) is 12.1 Å². The molecule has 0 unspecified atom stereocenters. The standard InChI is InChI=1S/C12H21NO4/c1-14-5-2-6-15-7-8-16-10-12-4-3-11(9-13)17-12/h3-4H,2,5-10,13H2,1H3. The van der Waals surface area contributed by atoms with Crippen LogP contribution < -0.4 is 5.73 Å². The maximum absolute atomic E-state index is 5.43. The Morgan fingerprint density at radius 2 is 1.82 bits per heavy atom. The SMILES string of the molecule is COCCCOCCOCc1ccc(CN)o1. The molecular weight excluding hydrogens is 222 g/mol. The number of furan rings is 1. The molecule has 2 N–H and O–H groups in total. The van der Waals surface area contributed by atoms with E-state index in [1.54, 1.807) is 7.11 Å². The fraction of sp³-hybridized carbons (Fsp3) is 0.667. The van der Waals surface area contributed by atoms with Crippen molar-refractivity contribution in [2.45, 2.75) is 19.6 Å². The molecule has 0 saturated heterocycles. The maximum atomic E-state index is 5.43. The van der Waals surface area contributed by atoms with Crippen molar-refractivity contribution in [1.82, 2.24) is 0 Å². The largest absolute Gasteiger partial charge is 0.462 e. The number of ether oxygens (including phenoxy) is 3. The number of hydrogen-bond donors (Lipinski definition) is 1. The summed E-state index contributed by atoms with van der Waals surface area (Å²) in [4.78, 5) is 0. The van der Waals surface area contributed by atoms with Gasteiger partial charge in [0.1, 0.15) is 18.1 Å². The van der Waals surface area contributed by atoms with Crippen molar-refractivity contribution in [3.63, 3.8) is 0 Å². The first kappa shape index (κ1) is 14.2. The highest BCUT2D eigenvalue weighted by molar-refractivity contribution is 5.05. The molecule has 0 aliphatic carbocycles. The van der Waals surface area contributed by atoms with E-state index in [4.69, 9.17) is 24.4 Å². The van der Waals surface area contributed by atoms with Crippen molar-refractivity contribution in [2.75, 3.05) is 33.5 Å². The van der Waals surface area contributed by atoms with Crippen molar-refractivity contribution in [3.05, 3.63) is 23.7 Å². The van der Waals surface area contributed by atoms with E-state index in [1.165, 1.54) is 0 Å². The van der Waals surface area contributed by atoms with Gasteiger partial charge in [-0.2, -0.15) is 0 Å². The predicted octanol–water partition coefficient (Wildman–Crippen LogP) is 1.31. The smallest absolute Gasteiger partial charge is 0.129 e. The van der Waals surface area contributed by atoms with Crippen LogP contribution in [0.1, 0.15) is 17.9 Å². The molecule has 1 heterocycles. The number of nitrogens with two attached hydrogens (primary N) is 1. The summed E-state index contributed by atoms with van der Waals surface area (Å²) < 4.78 is 21.0. The second-order valence-corrected chi connectivity index (χ2v) is 3.58. The van der Waals surface area contributed by atoms with Crippen LogP contribution in [0.5, 0.6) is 0 Å². The molecule has 0 bridgehead atoms. The van der Waals surface area contributed by atoms with Crippen molar-refractivity contribution >= 4 is 0 Å². The molecule has 0 aliphatic rings. The summed E-state index contributed by atoms with van der Waals surface area (Å²) in [6.45, 7) is 3.47. The second-order valence-electron chi connectivity index (χ2n) is 3.58. The molecule has 5 heteroatoms. The van der Waals surface area contributed by atoms with Crippen molar-refractivity contribution in [1.29, 1.82) is 0 Å². The van der Waals surface area contributed by atoms with Crippen molar-refractivity contribution in [2.24, 2.45) is 5.73 Å². The number of methoxy groups -OCH3 is 1. The summed E-state index contributed by atoms with van der Waals surface area (Å²) in [5, 5.41) is 0. The molecule has 0 amide bonds. The van der Waals surface area contributed by atoms with Gasteiger partial charge in [0.25, 0.3) is 0 Å². The normalized spacial score (nSPS) is 10.9. The summed E-state index contributed by atoms with van der Waals surface area (Å²) in [6, 6.07) is 3.74. The van der Waals surface area contributed by atoms with Gasteiger partial charge in [-0.05, 0) is 18.6 Å². The van der Waals surface area contributed by atoms with Gasteiger partial charge in [-0.3, -0.25) is 0 Å². The summed E-state index contributed by atoms with van der Waals surface area (Å²) in [7, 11) is 1.68. The molecule has 0 radical (unpaired) electrons. The highest BCUT2D eigenvalue weighted by atomic mass is 16.5. The third-order valence-electron chi connectivity index (χ3n) is 2.17. The monoisotopic (exact) mass is 243 g/mol. The van der Waals surface area contributed by atoms with Crippen molar-refractivity contribution < 1.29 is 18.6 Å². The lowest BCUT2D eigenvalue weighted by Gasteiger charge is -2.04. The molecule has 0 fully saturated rings. The Kier molecular flexibility index (Phi) is 7.66. The van der Waals surface area contributed by atoms with Crippen molar-refractivity contribution in [3.8, 4) is 0 Å². The molecule has 1 aromatic heterocycles. The molecule has 1 aromatic rings. The molecular formula is C12H21NO4. The van der Waals surface area contributed by atoms with E-state index in [0.717, 1.165) is 24.5 Å². The molecule has 17 heavy (non-hydrogen) atoms. The molecule has 0 aromatic carbocycles. The van der Waals surface area contributed by atoms with Gasteiger partial charge in [0.2, 0.25) is 0 Å². The first-order valence-corrected chi connectivity index (χ1v) is 5.79. The maximum Gasteiger partial charge on any atom is 0.129 e. The summed E-state index contributed by atoms with van der Waals surface area (Å²) >= 11 is 0. The third-order valence-corrected chi connectivity index (χ3v) is 2.17. The van der Waals surface area contributed by atoms with Gasteiger partial charge in [-0.1, -0.05) is 0 Å². The van der Waals surface area contributed by atoms with Crippen LogP contribution in [0.4, 0.5) is 0 Å². The van der Waals surface area contributed by atoms with Crippen LogP contribution in [0.15, 0.2) is 16.5 Å². The second kappa shape index (κ2) is 9.18. The zero-order chi connectivity index (χ0) is 12.3. The lowest BCUT2D eigenvalue weighted by Crippen LogP contribution is -2.06. The molecule has 0 atom stereocenters. The van der Waals surface area contributed by atoms with Gasteiger partial charge in [0.05, 0.1) is 19.8 Å². The third kappa shape index (κ3) is 6.43. The Labute approximate surface area is 102 Å². The Bertz CT molecular complexity index is 288. The number of hydrogen-bond acceptors (Lipinski definition) is 5. The lowest BCUT2D eigenvalue weighted by molar-refractivity contribution is 0.0284. The quantitative estimate of drug-likeness (QED) is 0.627. The highest BCUT2D eigenvalue weighted by Crippen LogP contribution is 2.07. The van der Waals surface area contributed by atoms with Gasteiger partial charge >= 0.3 is 0 Å². The molecule has 5 nitrogen and oxygen atoms in total. The fourth-order valence-corrected chi connectivity index (χ4v) is 1.31.